The van der Waals surface area contributed by atoms with Gasteiger partial charge >= 0.3 is 11.9 Å². The molecule has 3 rings (SSSR count). The third-order valence-corrected chi connectivity index (χ3v) is 5.40. The summed E-state index contributed by atoms with van der Waals surface area (Å²) in [7, 11) is 0. The molecule has 0 saturated carbocycles. The zero-order chi connectivity index (χ0) is 21.1. The molecule has 0 amide bonds. The van der Waals surface area contributed by atoms with Crippen LogP contribution in [-0.4, -0.2) is 28.5 Å². The molecular formula is C20H19FN2O5S. The van der Waals surface area contributed by atoms with Crippen LogP contribution in [0.3, 0.4) is 0 Å². The van der Waals surface area contributed by atoms with E-state index in [1.54, 1.807) is 20.8 Å². The Morgan fingerprint density at radius 2 is 1.97 bits per heavy atom. The van der Waals surface area contributed by atoms with Crippen molar-refractivity contribution in [3.8, 4) is 0 Å². The van der Waals surface area contributed by atoms with Gasteiger partial charge in [-0.3, -0.25) is 9.59 Å². The topological polar surface area (TPSA) is 98.3 Å². The van der Waals surface area contributed by atoms with E-state index in [9.17, 15) is 18.8 Å². The van der Waals surface area contributed by atoms with Gasteiger partial charge in [-0.15, -0.1) is 11.3 Å². The summed E-state index contributed by atoms with van der Waals surface area (Å²) in [6, 6.07) is 5.52. The first-order valence-corrected chi connectivity index (χ1v) is 9.76. The van der Waals surface area contributed by atoms with E-state index in [0.29, 0.717) is 26.2 Å². The van der Waals surface area contributed by atoms with E-state index < -0.39 is 23.6 Å². The minimum Gasteiger partial charge on any atom is -0.462 e. The number of carbonyl (C=O) groups excluding carboxylic acids is 2. The maximum absolute atomic E-state index is 13.0. The van der Waals surface area contributed by atoms with E-state index in [1.165, 1.54) is 24.3 Å². The van der Waals surface area contributed by atoms with Crippen LogP contribution in [0.4, 0.5) is 4.39 Å². The fourth-order valence-corrected chi connectivity index (χ4v) is 3.89. The lowest BCUT2D eigenvalue weighted by atomic mass is 10.1. The fourth-order valence-electron chi connectivity index (χ4n) is 2.81. The van der Waals surface area contributed by atoms with Gasteiger partial charge in [0.2, 0.25) is 0 Å². The normalized spacial score (nSPS) is 12.0. The second-order valence-corrected chi connectivity index (χ2v) is 7.34. The smallest absolute Gasteiger partial charge is 0.348 e. The van der Waals surface area contributed by atoms with Crippen LogP contribution in [0.1, 0.15) is 46.6 Å². The predicted octanol–water partition coefficient (Wildman–Crippen LogP) is 3.46. The maximum atomic E-state index is 13.0. The Morgan fingerprint density at radius 1 is 1.28 bits per heavy atom. The lowest BCUT2D eigenvalue weighted by Crippen LogP contribution is -2.18. The molecule has 2 heterocycles. The van der Waals surface area contributed by atoms with Crippen LogP contribution < -0.4 is 5.56 Å². The summed E-state index contributed by atoms with van der Waals surface area (Å²) in [4.78, 5) is 44.4. The van der Waals surface area contributed by atoms with Gasteiger partial charge in [0.25, 0.3) is 5.56 Å². The highest BCUT2D eigenvalue weighted by molar-refractivity contribution is 7.20. The van der Waals surface area contributed by atoms with Crippen LogP contribution in [0.25, 0.3) is 10.2 Å². The van der Waals surface area contributed by atoms with Crippen LogP contribution in [0.2, 0.25) is 0 Å². The number of ether oxygens (including phenoxy) is 2. The lowest BCUT2D eigenvalue weighted by Gasteiger charge is -2.12. The number of aryl methyl sites for hydroxylation is 1. The third-order valence-electron chi connectivity index (χ3n) is 4.23. The van der Waals surface area contributed by atoms with Crippen LogP contribution >= 0.6 is 11.3 Å². The average molecular weight is 418 g/mol. The van der Waals surface area contributed by atoms with Crippen molar-refractivity contribution in [2.45, 2.75) is 33.3 Å². The molecule has 2 aromatic heterocycles. The van der Waals surface area contributed by atoms with Crippen LogP contribution in [0.5, 0.6) is 0 Å². The van der Waals surface area contributed by atoms with Crippen LogP contribution in [0, 0.1) is 12.7 Å². The number of hydrogen-bond acceptors (Lipinski definition) is 7. The quantitative estimate of drug-likeness (QED) is 0.616. The molecule has 1 aromatic carbocycles. The average Bonchev–Trinajstić information content (AvgIpc) is 3.01. The van der Waals surface area contributed by atoms with Gasteiger partial charge in [0.05, 0.1) is 18.4 Å². The molecule has 7 nitrogen and oxygen atoms in total. The number of carbonyl (C=O) groups is 2. The Kier molecular flexibility index (Phi) is 6.07. The number of aromatic nitrogens is 2. The molecule has 9 heteroatoms. The van der Waals surface area contributed by atoms with E-state index in [0.717, 1.165) is 11.3 Å². The van der Waals surface area contributed by atoms with Gasteiger partial charge in [-0.05, 0) is 44.0 Å². The minimum absolute atomic E-state index is 0.0395. The van der Waals surface area contributed by atoms with Crippen molar-refractivity contribution < 1.29 is 23.5 Å². The number of fused-ring (bicyclic) bond motifs is 1. The highest BCUT2D eigenvalue weighted by atomic mass is 32.1. The van der Waals surface area contributed by atoms with Gasteiger partial charge < -0.3 is 14.5 Å². The van der Waals surface area contributed by atoms with Crippen LogP contribution in [-0.2, 0) is 20.7 Å². The molecule has 1 N–H and O–H groups in total. The first kappa shape index (κ1) is 20.7. The Balaban J connectivity index is 1.81. The molecule has 0 unspecified atom stereocenters. The van der Waals surface area contributed by atoms with Gasteiger partial charge in [-0.2, -0.15) is 0 Å². The SMILES string of the molecule is CCOC(=O)c1sc2nc([C@H](C)OC(=O)Cc3ccc(F)cc3)[nH]c(=O)c2c1C. The van der Waals surface area contributed by atoms with Gasteiger partial charge in [0, 0.05) is 0 Å². The number of hydrogen-bond donors (Lipinski definition) is 1. The van der Waals surface area contributed by atoms with Crippen molar-refractivity contribution in [1.29, 1.82) is 0 Å². The van der Waals surface area contributed by atoms with E-state index in [1.807, 2.05) is 0 Å². The monoisotopic (exact) mass is 418 g/mol. The number of nitrogens with zero attached hydrogens (tertiary/aromatic N) is 1. The second-order valence-electron chi connectivity index (χ2n) is 6.34. The molecule has 0 spiro atoms. The van der Waals surface area contributed by atoms with Crippen molar-refractivity contribution in [1.82, 2.24) is 9.97 Å². The van der Waals surface area contributed by atoms with Crippen molar-refractivity contribution in [2.24, 2.45) is 0 Å². The Morgan fingerprint density at radius 3 is 2.62 bits per heavy atom. The summed E-state index contributed by atoms with van der Waals surface area (Å²) >= 11 is 1.06. The number of H-pyrrole nitrogens is 1. The number of rotatable bonds is 6. The van der Waals surface area contributed by atoms with Crippen molar-refractivity contribution in [2.75, 3.05) is 6.61 Å². The van der Waals surface area contributed by atoms with Gasteiger partial charge in [-0.25, -0.2) is 14.2 Å². The van der Waals surface area contributed by atoms with E-state index >= 15 is 0 Å². The van der Waals surface area contributed by atoms with Crippen molar-refractivity contribution in [3.05, 3.63) is 62.3 Å². The Labute approximate surface area is 169 Å². The van der Waals surface area contributed by atoms with Crippen molar-refractivity contribution in [3.63, 3.8) is 0 Å². The standard InChI is InChI=1S/C20H19FN2O5S/c1-4-27-20(26)16-10(2)15-18(25)22-17(23-19(15)29-16)11(3)28-14(24)9-12-5-7-13(21)8-6-12/h5-8,11H,4,9H2,1-3H3,(H,22,23,25)/t11-/m0/s1. The third kappa shape index (κ3) is 4.51. The summed E-state index contributed by atoms with van der Waals surface area (Å²) < 4.78 is 23.3. The van der Waals surface area contributed by atoms with Gasteiger partial charge in [-0.1, -0.05) is 12.1 Å². The molecule has 0 bridgehead atoms. The number of benzene rings is 1. The first-order chi connectivity index (χ1) is 13.8. The Hall–Kier alpha value is -3.07. The van der Waals surface area contributed by atoms with Gasteiger partial charge in [0.15, 0.2) is 11.9 Å². The molecular weight excluding hydrogens is 399 g/mol. The number of nitrogens with one attached hydrogen (secondary N) is 1. The highest BCUT2D eigenvalue weighted by Crippen LogP contribution is 2.28. The second kappa shape index (κ2) is 8.52. The van der Waals surface area contributed by atoms with Crippen LogP contribution in [0.15, 0.2) is 29.1 Å². The summed E-state index contributed by atoms with van der Waals surface area (Å²) in [5, 5.41) is 0.312. The minimum atomic E-state index is -0.812. The summed E-state index contributed by atoms with van der Waals surface area (Å²) in [5.41, 5.74) is 0.689. The molecule has 0 fully saturated rings. The summed E-state index contributed by atoms with van der Waals surface area (Å²) in [6.07, 6.45) is -0.851. The van der Waals surface area contributed by atoms with E-state index in [4.69, 9.17) is 9.47 Å². The van der Waals surface area contributed by atoms with E-state index in [2.05, 4.69) is 9.97 Å². The number of thiophene rings is 1. The molecule has 1 atom stereocenters. The fraction of sp³-hybridized carbons (Fsp3) is 0.300. The summed E-state index contributed by atoms with van der Waals surface area (Å²) in [5.74, 6) is -1.26. The molecule has 152 valence electrons. The number of esters is 2. The molecule has 0 radical (unpaired) electrons. The summed E-state index contributed by atoms with van der Waals surface area (Å²) in [6.45, 7) is 5.17. The molecule has 0 aliphatic rings. The first-order valence-electron chi connectivity index (χ1n) is 8.94. The van der Waals surface area contributed by atoms with Gasteiger partial charge in [0.1, 0.15) is 15.5 Å². The molecule has 0 aliphatic carbocycles. The number of aromatic amines is 1. The number of halogens is 1. The highest BCUT2D eigenvalue weighted by Gasteiger charge is 2.22. The molecule has 0 saturated heterocycles. The Bertz CT molecular complexity index is 1120. The molecule has 3 aromatic rings. The molecule has 0 aliphatic heterocycles. The lowest BCUT2D eigenvalue weighted by molar-refractivity contribution is -0.148. The largest absolute Gasteiger partial charge is 0.462 e. The zero-order valence-electron chi connectivity index (χ0n) is 16.1. The van der Waals surface area contributed by atoms with Crippen molar-refractivity contribution >= 4 is 33.5 Å². The molecule has 29 heavy (non-hydrogen) atoms. The van der Waals surface area contributed by atoms with E-state index in [-0.39, 0.29) is 24.7 Å². The maximum Gasteiger partial charge on any atom is 0.348 e. The zero-order valence-corrected chi connectivity index (χ0v) is 16.9. The predicted molar refractivity (Wildman–Crippen MR) is 106 cm³/mol.